The Morgan fingerprint density at radius 3 is 2.13 bits per heavy atom. The predicted molar refractivity (Wildman–Crippen MR) is 116 cm³/mol. The number of carboxylic acids is 1. The van der Waals surface area contributed by atoms with Gasteiger partial charge < -0.3 is 14.6 Å². The Morgan fingerprint density at radius 2 is 1.51 bits per heavy atom. The van der Waals surface area contributed by atoms with Crippen molar-refractivity contribution in [2.24, 2.45) is 0 Å². The topological polar surface area (TPSA) is 62.2 Å². The fourth-order valence-electron chi connectivity index (χ4n) is 4.14. The zero-order chi connectivity index (χ0) is 27.8. The maximum Gasteiger partial charge on any atom is 1.00 e. The molecule has 0 amide bonds. The number of aromatic nitrogens is 1. The van der Waals surface area contributed by atoms with Crippen LogP contribution in [0.1, 0.15) is 57.7 Å². The fourth-order valence-corrected chi connectivity index (χ4v) is 4.14. The molecule has 13 heteroatoms. The number of nitrogens with zero attached hydrogens (tertiary/aromatic N) is 1. The molecule has 0 saturated carbocycles. The van der Waals surface area contributed by atoms with Gasteiger partial charge in [0.25, 0.3) is 0 Å². The van der Waals surface area contributed by atoms with E-state index in [1.807, 2.05) is 0 Å². The minimum Gasteiger partial charge on any atom is -0.543 e. The Morgan fingerprint density at radius 1 is 0.846 bits per heavy atom. The van der Waals surface area contributed by atoms with E-state index in [4.69, 9.17) is 4.74 Å². The third kappa shape index (κ3) is 6.98. The molecule has 0 bridgehead atoms. The average Bonchev–Trinajstić information content (AvgIpc) is 3.33. The van der Waals surface area contributed by atoms with Crippen molar-refractivity contribution in [2.75, 3.05) is 0 Å². The van der Waals surface area contributed by atoms with E-state index in [1.165, 1.54) is 6.07 Å². The molecule has 4 rings (SSSR count). The maximum atomic E-state index is 13.6. The van der Waals surface area contributed by atoms with Crippen LogP contribution >= 0.6 is 0 Å². The second-order valence-corrected chi connectivity index (χ2v) is 8.47. The van der Waals surface area contributed by atoms with Crippen LogP contribution in [0, 0.1) is 11.6 Å². The molecule has 0 radical (unpaired) electrons. The van der Waals surface area contributed by atoms with Crippen LogP contribution in [0.3, 0.4) is 0 Å². The molecule has 1 aromatic heterocycles. The van der Waals surface area contributed by atoms with Crippen molar-refractivity contribution in [3.05, 3.63) is 93.8 Å². The molecule has 2 aromatic carbocycles. The number of allylic oxidation sites excluding steroid dienone is 2. The Kier molecular flexibility index (Phi) is 9.13. The van der Waals surface area contributed by atoms with Crippen molar-refractivity contribution < 1.29 is 79.3 Å². The van der Waals surface area contributed by atoms with Crippen molar-refractivity contribution in [3.8, 4) is 5.75 Å². The molecule has 200 valence electrons. The van der Waals surface area contributed by atoms with Gasteiger partial charge >= 0.3 is 41.9 Å². The molecule has 0 fully saturated rings. The van der Waals surface area contributed by atoms with Gasteiger partial charge in [-0.2, -0.15) is 26.3 Å². The quantitative estimate of drug-likeness (QED) is 0.340. The zero-order valence-corrected chi connectivity index (χ0v) is 22.1. The predicted octanol–water partition coefficient (Wildman–Crippen LogP) is 3.44. The van der Waals surface area contributed by atoms with E-state index in [-0.39, 0.29) is 82.7 Å². The van der Waals surface area contributed by atoms with Crippen LogP contribution < -0.4 is 39.4 Å². The molecule has 4 nitrogen and oxygen atoms in total. The normalized spacial score (nSPS) is 13.8. The van der Waals surface area contributed by atoms with E-state index in [1.54, 1.807) is 0 Å². The van der Waals surface area contributed by atoms with Gasteiger partial charge in [-0.25, -0.2) is 13.8 Å². The summed E-state index contributed by atoms with van der Waals surface area (Å²) in [6.07, 6.45) is -9.10. The molecule has 1 heterocycles. The van der Waals surface area contributed by atoms with Crippen LogP contribution in [-0.4, -0.2) is 11.0 Å². The third-order valence-corrected chi connectivity index (χ3v) is 5.90. The number of halogens is 8. The minimum atomic E-state index is -4.92. The molecule has 1 aliphatic carbocycles. The third-order valence-electron chi connectivity index (χ3n) is 5.90. The second kappa shape index (κ2) is 11.6. The van der Waals surface area contributed by atoms with Crippen molar-refractivity contribution in [2.45, 2.75) is 38.2 Å². The molecular formula is C26H16F8NNaO3. The van der Waals surface area contributed by atoms with E-state index in [9.17, 15) is 45.0 Å². The van der Waals surface area contributed by atoms with Crippen molar-refractivity contribution in [3.63, 3.8) is 0 Å². The number of pyridine rings is 1. The summed E-state index contributed by atoms with van der Waals surface area (Å²) in [5.41, 5.74) is -3.32. The molecule has 0 spiro atoms. The van der Waals surface area contributed by atoms with Gasteiger partial charge in [0, 0.05) is 5.56 Å². The van der Waals surface area contributed by atoms with Gasteiger partial charge in [-0.05, 0) is 78.4 Å². The first-order chi connectivity index (χ1) is 17.7. The smallest absolute Gasteiger partial charge is 0.543 e. The summed E-state index contributed by atoms with van der Waals surface area (Å²) >= 11 is 0. The standard InChI is InChI=1S/C26H17F8NO3.Na/c27-19-6-4-13(8-20(19)28)12-38-23-7-5-14(25(29,30)31)9-18(23)16-2-1-3-17(16)21-10-15(26(32,33)34)11-22(35-21)24(36)37;/h4-11H,1-3,12H2,(H,36,37);/q;+1/p-1. The van der Waals surface area contributed by atoms with Gasteiger partial charge in [0.1, 0.15) is 12.4 Å². The van der Waals surface area contributed by atoms with Crippen LogP contribution in [0.2, 0.25) is 0 Å². The molecule has 0 N–H and O–H groups in total. The minimum absolute atomic E-state index is 0. The maximum absolute atomic E-state index is 13.6. The summed E-state index contributed by atoms with van der Waals surface area (Å²) < 4.78 is 113. The van der Waals surface area contributed by atoms with Crippen LogP contribution in [0.4, 0.5) is 35.1 Å². The van der Waals surface area contributed by atoms with Gasteiger partial charge in [0.2, 0.25) is 0 Å². The summed E-state index contributed by atoms with van der Waals surface area (Å²) in [5, 5.41) is 11.3. The Balaban J connectivity index is 0.00000420. The number of carbonyl (C=O) groups excluding carboxylic acids is 1. The first-order valence-corrected chi connectivity index (χ1v) is 11.1. The monoisotopic (exact) mass is 565 g/mol. The summed E-state index contributed by atoms with van der Waals surface area (Å²) in [6, 6.07) is 6.41. The number of carboxylic acid groups (broad SMARTS) is 1. The second-order valence-electron chi connectivity index (χ2n) is 8.47. The van der Waals surface area contributed by atoms with Crippen LogP contribution in [0.5, 0.6) is 5.75 Å². The Hall–Kier alpha value is -2.96. The molecule has 3 aromatic rings. The first kappa shape index (κ1) is 30.6. The molecule has 0 unspecified atom stereocenters. The molecule has 0 saturated heterocycles. The van der Waals surface area contributed by atoms with Gasteiger partial charge in [-0.3, -0.25) is 0 Å². The number of rotatable bonds is 6. The van der Waals surface area contributed by atoms with E-state index < -0.39 is 46.8 Å². The summed E-state index contributed by atoms with van der Waals surface area (Å²) in [7, 11) is 0. The largest absolute Gasteiger partial charge is 1.00 e. The number of aromatic carboxylic acids is 1. The van der Waals surface area contributed by atoms with Crippen LogP contribution in [0.25, 0.3) is 11.1 Å². The number of hydrogen-bond acceptors (Lipinski definition) is 4. The van der Waals surface area contributed by atoms with Gasteiger partial charge in [-0.15, -0.1) is 0 Å². The summed E-state index contributed by atoms with van der Waals surface area (Å²) in [6.45, 7) is -0.352. The first-order valence-electron chi connectivity index (χ1n) is 11.1. The molecule has 0 aliphatic heterocycles. The van der Waals surface area contributed by atoms with Crippen molar-refractivity contribution in [1.29, 1.82) is 0 Å². The molecule has 39 heavy (non-hydrogen) atoms. The zero-order valence-electron chi connectivity index (χ0n) is 20.1. The van der Waals surface area contributed by atoms with Crippen molar-refractivity contribution >= 4 is 17.1 Å². The fraction of sp³-hybridized carbons (Fsp3) is 0.231. The molecule has 0 atom stereocenters. The Labute approximate surface area is 238 Å². The molecule has 1 aliphatic rings. The summed E-state index contributed by atoms with van der Waals surface area (Å²) in [4.78, 5) is 15.1. The van der Waals surface area contributed by atoms with Crippen LogP contribution in [-0.2, 0) is 19.0 Å². The molecular weight excluding hydrogens is 549 g/mol. The summed E-state index contributed by atoms with van der Waals surface area (Å²) in [5.74, 6) is -4.30. The van der Waals surface area contributed by atoms with E-state index in [2.05, 4.69) is 4.98 Å². The number of alkyl halides is 6. The number of hydrogen-bond donors (Lipinski definition) is 0. The van der Waals surface area contributed by atoms with Gasteiger partial charge in [0.15, 0.2) is 11.6 Å². The van der Waals surface area contributed by atoms with E-state index in [0.29, 0.717) is 18.6 Å². The van der Waals surface area contributed by atoms with E-state index >= 15 is 0 Å². The van der Waals surface area contributed by atoms with Gasteiger partial charge in [0.05, 0.1) is 28.5 Å². The average molecular weight is 565 g/mol. The van der Waals surface area contributed by atoms with Crippen LogP contribution in [0.15, 0.2) is 48.5 Å². The van der Waals surface area contributed by atoms with E-state index in [0.717, 1.165) is 30.3 Å². The number of carbonyl (C=O) groups is 1. The number of benzene rings is 2. The van der Waals surface area contributed by atoms with Crippen molar-refractivity contribution in [1.82, 2.24) is 4.98 Å². The van der Waals surface area contributed by atoms with Gasteiger partial charge in [-0.1, -0.05) is 6.07 Å². The number of ether oxygens (including phenoxy) is 1. The SMILES string of the molecule is O=C([O-])c1cc(C(F)(F)F)cc(C2=C(c3cc(C(F)(F)F)ccc3OCc3ccc(F)c(F)c3)CCC2)n1.[Na+]. The Bertz CT molecular complexity index is 1430.